The van der Waals surface area contributed by atoms with Crippen molar-refractivity contribution < 1.29 is 9.47 Å². The predicted octanol–water partition coefficient (Wildman–Crippen LogP) is 4.43. The molecule has 0 aromatic carbocycles. The van der Waals surface area contributed by atoms with Gasteiger partial charge >= 0.3 is 0 Å². The monoisotopic (exact) mass is 318 g/mol. The minimum atomic E-state index is 0.375. The van der Waals surface area contributed by atoms with Crippen LogP contribution < -0.4 is 4.74 Å². The topological polar surface area (TPSA) is 44.2 Å². The second kappa shape index (κ2) is 6.63. The van der Waals surface area contributed by atoms with Crippen molar-refractivity contribution in [3.05, 3.63) is 46.5 Å². The molecule has 5 heteroatoms. The maximum Gasteiger partial charge on any atom is 0.149 e. The maximum absolute atomic E-state index is 6.05. The largest absolute Gasteiger partial charge is 0.455 e. The molecule has 0 aliphatic carbocycles. The Morgan fingerprint density at radius 2 is 2.00 bits per heavy atom. The number of aromatic nitrogens is 2. The van der Waals surface area contributed by atoms with Gasteiger partial charge in [-0.3, -0.25) is 4.98 Å². The summed E-state index contributed by atoms with van der Waals surface area (Å²) in [5.41, 5.74) is 3.17. The highest BCUT2D eigenvalue weighted by molar-refractivity contribution is 6.29. The van der Waals surface area contributed by atoms with Crippen LogP contribution in [0, 0.1) is 13.8 Å². The summed E-state index contributed by atoms with van der Waals surface area (Å²) in [5, 5.41) is 0.418. The van der Waals surface area contributed by atoms with Crippen molar-refractivity contribution in [2.75, 3.05) is 13.2 Å². The SMILES string of the molecule is Cc1cc(Oc2ccnc(Cl)c2)c(C2CCOCC2)nc1C. The van der Waals surface area contributed by atoms with E-state index in [1.54, 1.807) is 18.3 Å². The standard InChI is InChI=1S/C17H19ClN2O2/c1-11-9-15(22-14-3-6-19-16(18)10-14)17(20-12(11)2)13-4-7-21-8-5-13/h3,6,9-10,13H,4-5,7-8H2,1-2H3. The van der Waals surface area contributed by atoms with Gasteiger partial charge in [0.25, 0.3) is 0 Å². The molecule has 0 unspecified atom stereocenters. The number of aryl methyl sites for hydroxylation is 2. The second-order valence-electron chi connectivity index (χ2n) is 5.58. The van der Waals surface area contributed by atoms with E-state index >= 15 is 0 Å². The molecule has 2 aromatic heterocycles. The van der Waals surface area contributed by atoms with Gasteiger partial charge in [0.2, 0.25) is 0 Å². The third-order valence-corrected chi connectivity index (χ3v) is 4.20. The van der Waals surface area contributed by atoms with Crippen LogP contribution in [0.1, 0.15) is 35.7 Å². The lowest BCUT2D eigenvalue weighted by Crippen LogP contribution is -2.16. The van der Waals surface area contributed by atoms with Crippen LogP contribution in [0.4, 0.5) is 0 Å². The number of pyridine rings is 2. The quantitative estimate of drug-likeness (QED) is 0.785. The molecule has 0 radical (unpaired) electrons. The van der Waals surface area contributed by atoms with Gasteiger partial charge in [0.15, 0.2) is 0 Å². The second-order valence-corrected chi connectivity index (χ2v) is 5.96. The molecule has 0 saturated carbocycles. The van der Waals surface area contributed by atoms with Gasteiger partial charge in [0, 0.05) is 37.1 Å². The van der Waals surface area contributed by atoms with Crippen LogP contribution in [0.25, 0.3) is 0 Å². The number of hydrogen-bond donors (Lipinski definition) is 0. The predicted molar refractivity (Wildman–Crippen MR) is 85.8 cm³/mol. The molecule has 1 aliphatic heterocycles. The van der Waals surface area contributed by atoms with Crippen LogP contribution in [0.3, 0.4) is 0 Å². The number of halogens is 1. The van der Waals surface area contributed by atoms with E-state index in [-0.39, 0.29) is 0 Å². The summed E-state index contributed by atoms with van der Waals surface area (Å²) in [6, 6.07) is 5.57. The molecule has 3 heterocycles. The zero-order valence-corrected chi connectivity index (χ0v) is 13.6. The Morgan fingerprint density at radius 1 is 1.23 bits per heavy atom. The van der Waals surface area contributed by atoms with Crippen molar-refractivity contribution in [3.8, 4) is 11.5 Å². The highest BCUT2D eigenvalue weighted by atomic mass is 35.5. The van der Waals surface area contributed by atoms with Gasteiger partial charge in [0.1, 0.15) is 16.7 Å². The lowest BCUT2D eigenvalue weighted by atomic mass is 9.94. The smallest absolute Gasteiger partial charge is 0.149 e. The first-order valence-corrected chi connectivity index (χ1v) is 7.86. The van der Waals surface area contributed by atoms with Crippen molar-refractivity contribution in [1.82, 2.24) is 9.97 Å². The van der Waals surface area contributed by atoms with Crippen molar-refractivity contribution in [1.29, 1.82) is 0 Å². The van der Waals surface area contributed by atoms with E-state index < -0.39 is 0 Å². The summed E-state index contributed by atoms with van der Waals surface area (Å²) in [4.78, 5) is 8.76. The van der Waals surface area contributed by atoms with Crippen LogP contribution in [0.2, 0.25) is 5.15 Å². The van der Waals surface area contributed by atoms with Crippen LogP contribution in [0.5, 0.6) is 11.5 Å². The molecule has 1 fully saturated rings. The molecule has 22 heavy (non-hydrogen) atoms. The van der Waals surface area contributed by atoms with Gasteiger partial charge in [-0.05, 0) is 44.4 Å². The number of ether oxygens (including phenoxy) is 2. The fourth-order valence-corrected chi connectivity index (χ4v) is 2.78. The summed E-state index contributed by atoms with van der Waals surface area (Å²) in [6.07, 6.45) is 3.59. The number of rotatable bonds is 3. The zero-order valence-electron chi connectivity index (χ0n) is 12.8. The van der Waals surface area contributed by atoms with Crippen molar-refractivity contribution >= 4 is 11.6 Å². The van der Waals surface area contributed by atoms with Crippen LogP contribution in [-0.4, -0.2) is 23.2 Å². The van der Waals surface area contributed by atoms with Gasteiger partial charge < -0.3 is 9.47 Å². The molecule has 4 nitrogen and oxygen atoms in total. The summed E-state index contributed by atoms with van der Waals surface area (Å²) in [5.74, 6) is 1.86. The van der Waals surface area contributed by atoms with E-state index in [0.29, 0.717) is 16.8 Å². The fourth-order valence-electron chi connectivity index (χ4n) is 2.62. The van der Waals surface area contributed by atoms with Gasteiger partial charge in [-0.1, -0.05) is 11.6 Å². The van der Waals surface area contributed by atoms with E-state index in [0.717, 1.165) is 48.8 Å². The van der Waals surface area contributed by atoms with E-state index in [1.807, 2.05) is 13.8 Å². The van der Waals surface area contributed by atoms with Crippen LogP contribution in [-0.2, 0) is 4.74 Å². The first-order valence-electron chi connectivity index (χ1n) is 7.49. The van der Waals surface area contributed by atoms with Crippen LogP contribution in [0.15, 0.2) is 24.4 Å². The zero-order chi connectivity index (χ0) is 15.5. The van der Waals surface area contributed by atoms with Gasteiger partial charge in [-0.2, -0.15) is 0 Å². The third-order valence-electron chi connectivity index (χ3n) is 3.99. The highest BCUT2D eigenvalue weighted by Crippen LogP contribution is 2.36. The van der Waals surface area contributed by atoms with Crippen molar-refractivity contribution in [2.45, 2.75) is 32.6 Å². The fraction of sp³-hybridized carbons (Fsp3) is 0.412. The summed E-state index contributed by atoms with van der Waals surface area (Å²) in [7, 11) is 0. The van der Waals surface area contributed by atoms with Gasteiger partial charge in [0.05, 0.1) is 5.69 Å². The number of hydrogen-bond acceptors (Lipinski definition) is 4. The minimum absolute atomic E-state index is 0.375. The number of nitrogens with zero attached hydrogens (tertiary/aromatic N) is 2. The first kappa shape index (κ1) is 15.3. The average molecular weight is 319 g/mol. The molecule has 2 aromatic rings. The van der Waals surface area contributed by atoms with Gasteiger partial charge in [-0.15, -0.1) is 0 Å². The molecule has 0 bridgehead atoms. The maximum atomic E-state index is 6.05. The van der Waals surface area contributed by atoms with E-state index in [9.17, 15) is 0 Å². The van der Waals surface area contributed by atoms with E-state index in [4.69, 9.17) is 26.1 Å². The van der Waals surface area contributed by atoms with E-state index in [1.165, 1.54) is 0 Å². The van der Waals surface area contributed by atoms with Crippen molar-refractivity contribution in [3.63, 3.8) is 0 Å². The Labute approximate surface area is 135 Å². The molecule has 1 saturated heterocycles. The Balaban J connectivity index is 1.95. The molecule has 0 amide bonds. The lowest BCUT2D eigenvalue weighted by molar-refractivity contribution is 0.0840. The van der Waals surface area contributed by atoms with Gasteiger partial charge in [-0.25, -0.2) is 4.98 Å². The average Bonchev–Trinajstić information content (AvgIpc) is 2.51. The molecular weight excluding hydrogens is 300 g/mol. The highest BCUT2D eigenvalue weighted by Gasteiger charge is 2.22. The molecule has 0 spiro atoms. The molecule has 0 N–H and O–H groups in total. The third kappa shape index (κ3) is 3.39. The normalized spacial score (nSPS) is 15.8. The summed E-state index contributed by atoms with van der Waals surface area (Å²) < 4.78 is 11.5. The van der Waals surface area contributed by atoms with Crippen molar-refractivity contribution in [2.24, 2.45) is 0 Å². The Morgan fingerprint density at radius 3 is 2.73 bits per heavy atom. The molecular formula is C17H19ClN2O2. The first-order chi connectivity index (χ1) is 10.6. The molecule has 116 valence electrons. The summed E-state index contributed by atoms with van der Waals surface area (Å²) >= 11 is 5.93. The molecule has 3 rings (SSSR count). The minimum Gasteiger partial charge on any atom is -0.455 e. The molecule has 0 atom stereocenters. The van der Waals surface area contributed by atoms with Crippen LogP contribution >= 0.6 is 11.6 Å². The van der Waals surface area contributed by atoms with E-state index in [2.05, 4.69) is 11.1 Å². The molecule has 1 aliphatic rings. The Bertz CT molecular complexity index is 670. The Hall–Kier alpha value is -1.65. The Kier molecular flexibility index (Phi) is 4.60. The lowest BCUT2D eigenvalue weighted by Gasteiger charge is -2.24. The summed E-state index contributed by atoms with van der Waals surface area (Å²) in [6.45, 7) is 5.63.